The van der Waals surface area contributed by atoms with Gasteiger partial charge in [0.1, 0.15) is 0 Å². The molecule has 0 aliphatic carbocycles. The van der Waals surface area contributed by atoms with E-state index < -0.39 is 17.7 Å². The highest BCUT2D eigenvalue weighted by Crippen LogP contribution is 1.92. The molecular weight excluding hydrogens is 290 g/mol. The van der Waals surface area contributed by atoms with Crippen LogP contribution in [0.1, 0.15) is 0 Å². The van der Waals surface area contributed by atoms with E-state index >= 15 is 0 Å². The molecule has 0 rings (SSSR count). The van der Waals surface area contributed by atoms with Crippen molar-refractivity contribution in [3.05, 3.63) is 36.5 Å². The molecule has 3 amide bonds. The average molecular weight is 311 g/mol. The van der Waals surface area contributed by atoms with Gasteiger partial charge >= 0.3 is 0 Å². The van der Waals surface area contributed by atoms with E-state index in [2.05, 4.69) is 0 Å². The summed E-state index contributed by atoms with van der Waals surface area (Å²) < 4.78 is 0. The van der Waals surface area contributed by atoms with Crippen LogP contribution in [0.4, 0.5) is 0 Å². The van der Waals surface area contributed by atoms with E-state index in [1.54, 1.807) is 18.2 Å². The van der Waals surface area contributed by atoms with Gasteiger partial charge in [-0.2, -0.15) is 0 Å². The zero-order chi connectivity index (χ0) is 16.8. The molecule has 0 heterocycles. The molecule has 0 aliphatic heterocycles. The molecule has 0 radical (unpaired) electrons. The van der Waals surface area contributed by atoms with Gasteiger partial charge in [-0.25, -0.2) is 17.5 Å². The van der Waals surface area contributed by atoms with Crippen molar-refractivity contribution >= 4 is 17.7 Å². The topological polar surface area (TPSA) is 169 Å². The monoisotopic (exact) mass is 311 g/mol. The van der Waals surface area contributed by atoms with E-state index in [-0.39, 0.29) is 0 Å². The summed E-state index contributed by atoms with van der Waals surface area (Å²) in [5.41, 5.74) is 5.89. The number of hydrogen-bond donors (Lipinski definition) is 6. The fourth-order valence-electron chi connectivity index (χ4n) is 1.29. The first-order valence-corrected chi connectivity index (χ1v) is 6.27. The van der Waals surface area contributed by atoms with Crippen LogP contribution in [0.25, 0.3) is 0 Å². The Bertz CT molecular complexity index is 393. The molecule has 0 aliphatic rings. The third-order valence-corrected chi connectivity index (χ3v) is 2.33. The van der Waals surface area contributed by atoms with Crippen molar-refractivity contribution in [3.63, 3.8) is 0 Å². The maximum atomic E-state index is 11.0. The van der Waals surface area contributed by atoms with Crippen LogP contribution in [0.2, 0.25) is 0 Å². The first-order chi connectivity index (χ1) is 10.5. The maximum Gasteiger partial charge on any atom is 0.257 e. The summed E-state index contributed by atoms with van der Waals surface area (Å²) in [6.07, 6.45) is 8.61. The van der Waals surface area contributed by atoms with Crippen LogP contribution < -0.4 is 33.8 Å². The van der Waals surface area contributed by atoms with Crippen molar-refractivity contribution in [1.29, 1.82) is 0 Å². The maximum absolute atomic E-state index is 11.0. The second kappa shape index (κ2) is 12.2. The molecule has 0 saturated heterocycles. The fourth-order valence-corrected chi connectivity index (χ4v) is 1.29. The highest BCUT2D eigenvalue weighted by Gasteiger charge is 2.00. The Morgan fingerprint density at radius 2 is 0.955 bits per heavy atom. The predicted octanol–water partition coefficient (Wildman–Crippen LogP) is -3.07. The van der Waals surface area contributed by atoms with Crippen LogP contribution in [0.15, 0.2) is 36.5 Å². The van der Waals surface area contributed by atoms with E-state index in [9.17, 15) is 14.4 Å². The highest BCUT2D eigenvalue weighted by molar-refractivity contribution is 5.87. The summed E-state index contributed by atoms with van der Waals surface area (Å²) in [5.74, 6) is 13.5. The summed E-state index contributed by atoms with van der Waals surface area (Å²) in [5, 5.41) is 0. The molecule has 0 bridgehead atoms. The zero-order valence-electron chi connectivity index (χ0n) is 12.0. The molecule has 122 valence electrons. The molecule has 10 heteroatoms. The predicted molar refractivity (Wildman–Crippen MR) is 80.9 cm³/mol. The Labute approximate surface area is 128 Å². The molecule has 9 N–H and O–H groups in total. The van der Waals surface area contributed by atoms with Crippen LogP contribution in [0.5, 0.6) is 0 Å². The molecule has 0 aromatic heterocycles. The van der Waals surface area contributed by atoms with Gasteiger partial charge in [0, 0.05) is 37.9 Å². The van der Waals surface area contributed by atoms with Crippen LogP contribution in [0, 0.1) is 0 Å². The van der Waals surface area contributed by atoms with Gasteiger partial charge < -0.3 is 0 Å². The summed E-state index contributed by atoms with van der Waals surface area (Å²) in [7, 11) is 0. The summed E-state index contributed by atoms with van der Waals surface area (Å²) >= 11 is 0. The highest BCUT2D eigenvalue weighted by atomic mass is 16.2. The Hall–Kier alpha value is -2.53. The Balaban J connectivity index is 4.54. The van der Waals surface area contributed by atoms with Gasteiger partial charge in [0.05, 0.1) is 0 Å². The Kier molecular flexibility index (Phi) is 10.8. The van der Waals surface area contributed by atoms with E-state index in [0.29, 0.717) is 19.6 Å². The third kappa shape index (κ3) is 10.3. The molecular formula is C12H21N7O3. The van der Waals surface area contributed by atoms with E-state index in [1.807, 2.05) is 21.2 Å². The molecule has 10 nitrogen and oxygen atoms in total. The lowest BCUT2D eigenvalue weighted by atomic mass is 10.3. The van der Waals surface area contributed by atoms with Gasteiger partial charge in [-0.15, -0.1) is 0 Å². The first kappa shape index (κ1) is 19.5. The second-order valence-electron chi connectivity index (χ2n) is 3.95. The standard InChI is InChI=1S/C12H21N7O3/c13-16-10(20)4-1-7-19(8-2-5-11(21)17-14)9-3-6-12(22)18-15/h1-6H,7-9,13-15H2,(H,16,20)(H,17,21)(H,18,22). The number of nitrogens with one attached hydrogen (secondary N) is 3. The largest absolute Gasteiger partial charge is 0.292 e. The summed E-state index contributed by atoms with van der Waals surface area (Å²) in [4.78, 5) is 34.8. The normalized spacial score (nSPS) is 11.5. The van der Waals surface area contributed by atoms with Crippen LogP contribution >= 0.6 is 0 Å². The van der Waals surface area contributed by atoms with Crippen LogP contribution in [-0.4, -0.2) is 42.3 Å². The quantitative estimate of drug-likeness (QED) is 0.114. The molecule has 0 spiro atoms. The van der Waals surface area contributed by atoms with Crippen LogP contribution in [-0.2, 0) is 14.4 Å². The van der Waals surface area contributed by atoms with E-state index in [0.717, 1.165) is 0 Å². The second-order valence-corrected chi connectivity index (χ2v) is 3.95. The molecule has 0 fully saturated rings. The number of hydrazine groups is 3. The van der Waals surface area contributed by atoms with Crippen molar-refractivity contribution in [2.45, 2.75) is 0 Å². The SMILES string of the molecule is NNC(=O)C=CCN(CC=CC(=O)NN)CC=CC(=O)NN. The number of nitrogens with zero attached hydrogens (tertiary/aromatic N) is 1. The number of amides is 3. The number of carbonyl (C=O) groups is 3. The number of carbonyl (C=O) groups excluding carboxylic acids is 3. The Morgan fingerprint density at radius 1 is 0.682 bits per heavy atom. The molecule has 22 heavy (non-hydrogen) atoms. The van der Waals surface area contributed by atoms with Crippen molar-refractivity contribution in [2.75, 3.05) is 19.6 Å². The van der Waals surface area contributed by atoms with E-state index in [1.165, 1.54) is 18.2 Å². The molecule has 0 aromatic rings. The first-order valence-electron chi connectivity index (χ1n) is 6.27. The lowest BCUT2D eigenvalue weighted by Crippen LogP contribution is -2.30. The number of hydrogen-bond acceptors (Lipinski definition) is 7. The average Bonchev–Trinajstić information content (AvgIpc) is 2.53. The summed E-state index contributed by atoms with van der Waals surface area (Å²) in [6, 6.07) is 0. The van der Waals surface area contributed by atoms with Gasteiger partial charge in [0.2, 0.25) is 0 Å². The van der Waals surface area contributed by atoms with Crippen molar-refractivity contribution in [3.8, 4) is 0 Å². The van der Waals surface area contributed by atoms with Gasteiger partial charge in [-0.3, -0.25) is 35.6 Å². The number of rotatable bonds is 9. The summed E-state index contributed by atoms with van der Waals surface area (Å²) in [6.45, 7) is 1.20. The van der Waals surface area contributed by atoms with E-state index in [4.69, 9.17) is 17.5 Å². The van der Waals surface area contributed by atoms with Gasteiger partial charge in [0.25, 0.3) is 17.7 Å². The van der Waals surface area contributed by atoms with Crippen molar-refractivity contribution in [1.82, 2.24) is 21.2 Å². The van der Waals surface area contributed by atoms with Gasteiger partial charge in [-0.05, 0) is 0 Å². The Morgan fingerprint density at radius 3 is 1.18 bits per heavy atom. The zero-order valence-corrected chi connectivity index (χ0v) is 12.0. The van der Waals surface area contributed by atoms with Crippen molar-refractivity contribution in [2.24, 2.45) is 17.5 Å². The van der Waals surface area contributed by atoms with Crippen LogP contribution in [0.3, 0.4) is 0 Å². The molecule has 0 aromatic carbocycles. The fraction of sp³-hybridized carbons (Fsp3) is 0.250. The minimum Gasteiger partial charge on any atom is -0.292 e. The smallest absolute Gasteiger partial charge is 0.257 e. The molecule has 0 saturated carbocycles. The molecule has 0 atom stereocenters. The third-order valence-electron chi connectivity index (χ3n) is 2.33. The number of nitrogens with two attached hydrogens (primary N) is 3. The van der Waals surface area contributed by atoms with Gasteiger partial charge in [-0.1, -0.05) is 18.2 Å². The molecule has 0 unspecified atom stereocenters. The minimum atomic E-state index is -0.434. The minimum absolute atomic E-state index is 0.399. The lowest BCUT2D eigenvalue weighted by molar-refractivity contribution is -0.117. The van der Waals surface area contributed by atoms with Gasteiger partial charge in [0.15, 0.2) is 0 Å². The lowest BCUT2D eigenvalue weighted by Gasteiger charge is -2.16. The van der Waals surface area contributed by atoms with Crippen molar-refractivity contribution < 1.29 is 14.4 Å².